The Morgan fingerprint density at radius 2 is 1.68 bits per heavy atom. The summed E-state index contributed by atoms with van der Waals surface area (Å²) in [6.07, 6.45) is 0. The van der Waals surface area contributed by atoms with Crippen molar-refractivity contribution in [3.63, 3.8) is 0 Å². The number of nitrogens with two attached hydrogens (primary N) is 1. The Morgan fingerprint density at radius 3 is 2.32 bits per heavy atom. The lowest BCUT2D eigenvalue weighted by Gasteiger charge is -2.20. The number of hydrogen-bond donors (Lipinski definition) is 1. The van der Waals surface area contributed by atoms with E-state index in [0.717, 1.165) is 30.9 Å². The summed E-state index contributed by atoms with van der Waals surface area (Å²) >= 11 is 0. The first-order chi connectivity index (χ1) is 9.17. The minimum absolute atomic E-state index is 0.180. The van der Waals surface area contributed by atoms with E-state index in [1.807, 2.05) is 30.3 Å². The Kier molecular flexibility index (Phi) is 4.53. The van der Waals surface area contributed by atoms with E-state index in [-0.39, 0.29) is 5.82 Å². The molecule has 0 unspecified atom stereocenters. The highest BCUT2D eigenvalue weighted by molar-refractivity contribution is 5.39. The molecule has 0 fully saturated rings. The fourth-order valence-corrected chi connectivity index (χ4v) is 2.05. The predicted molar refractivity (Wildman–Crippen MR) is 77.0 cm³/mol. The lowest BCUT2D eigenvalue weighted by Crippen LogP contribution is -2.22. The van der Waals surface area contributed by atoms with Gasteiger partial charge in [0.05, 0.1) is 0 Å². The van der Waals surface area contributed by atoms with E-state index < -0.39 is 0 Å². The Morgan fingerprint density at radius 1 is 1.00 bits per heavy atom. The molecule has 0 radical (unpaired) electrons. The van der Waals surface area contributed by atoms with Crippen molar-refractivity contribution in [1.29, 1.82) is 0 Å². The third kappa shape index (κ3) is 4.07. The van der Waals surface area contributed by atoms with Crippen LogP contribution in [0.4, 0.5) is 10.1 Å². The molecule has 0 saturated heterocycles. The van der Waals surface area contributed by atoms with Gasteiger partial charge in [-0.25, -0.2) is 4.39 Å². The van der Waals surface area contributed by atoms with Gasteiger partial charge in [0, 0.05) is 18.8 Å². The van der Waals surface area contributed by atoms with Gasteiger partial charge in [-0.2, -0.15) is 0 Å². The van der Waals surface area contributed by atoms with Crippen molar-refractivity contribution in [1.82, 2.24) is 4.90 Å². The number of hydrogen-bond acceptors (Lipinski definition) is 2. The molecule has 19 heavy (non-hydrogen) atoms. The Hall–Kier alpha value is -1.87. The molecule has 0 spiro atoms. The number of halogens is 1. The molecule has 3 heteroatoms. The average Bonchev–Trinajstić information content (AvgIpc) is 2.40. The van der Waals surface area contributed by atoms with Gasteiger partial charge < -0.3 is 5.73 Å². The molecule has 0 aliphatic heterocycles. The summed E-state index contributed by atoms with van der Waals surface area (Å²) in [6, 6.07) is 14.6. The van der Waals surface area contributed by atoms with Gasteiger partial charge in [-0.3, -0.25) is 4.90 Å². The highest BCUT2D eigenvalue weighted by Gasteiger charge is 2.05. The summed E-state index contributed by atoms with van der Waals surface area (Å²) in [5, 5.41) is 0. The molecule has 100 valence electrons. The van der Waals surface area contributed by atoms with E-state index in [0.29, 0.717) is 0 Å². The minimum Gasteiger partial charge on any atom is -0.399 e. The van der Waals surface area contributed by atoms with Crippen LogP contribution >= 0.6 is 0 Å². The fraction of sp³-hybridized carbons (Fsp3) is 0.250. The molecule has 0 saturated carbocycles. The zero-order valence-electron chi connectivity index (χ0n) is 11.1. The zero-order valence-corrected chi connectivity index (χ0v) is 11.1. The number of anilines is 1. The molecule has 0 bridgehead atoms. The Balaban J connectivity index is 2.02. The van der Waals surface area contributed by atoms with Crippen LogP contribution in [-0.4, -0.2) is 11.4 Å². The third-order valence-electron chi connectivity index (χ3n) is 3.13. The fourth-order valence-electron chi connectivity index (χ4n) is 2.05. The summed E-state index contributed by atoms with van der Waals surface area (Å²) < 4.78 is 13.2. The largest absolute Gasteiger partial charge is 0.399 e. The monoisotopic (exact) mass is 258 g/mol. The second-order valence-electron chi connectivity index (χ2n) is 4.67. The molecule has 2 N–H and O–H groups in total. The first-order valence-corrected chi connectivity index (χ1v) is 6.48. The number of rotatable bonds is 5. The first kappa shape index (κ1) is 13.6. The molecule has 0 aliphatic carbocycles. The number of benzene rings is 2. The van der Waals surface area contributed by atoms with Gasteiger partial charge in [0.25, 0.3) is 0 Å². The zero-order chi connectivity index (χ0) is 13.7. The second-order valence-corrected chi connectivity index (χ2v) is 4.67. The van der Waals surface area contributed by atoms with Gasteiger partial charge in [0.15, 0.2) is 0 Å². The lowest BCUT2D eigenvalue weighted by atomic mass is 10.1. The van der Waals surface area contributed by atoms with Crippen molar-refractivity contribution in [3.05, 3.63) is 65.5 Å². The van der Waals surface area contributed by atoms with E-state index in [2.05, 4.69) is 11.8 Å². The van der Waals surface area contributed by atoms with E-state index >= 15 is 0 Å². The maximum atomic E-state index is 13.2. The summed E-state index contributed by atoms with van der Waals surface area (Å²) in [6.45, 7) is 4.61. The first-order valence-electron chi connectivity index (χ1n) is 6.48. The molecular weight excluding hydrogens is 239 g/mol. The average molecular weight is 258 g/mol. The van der Waals surface area contributed by atoms with Crippen LogP contribution in [0.25, 0.3) is 0 Å². The molecule has 0 aromatic heterocycles. The maximum Gasteiger partial charge on any atom is 0.123 e. The smallest absolute Gasteiger partial charge is 0.123 e. The molecule has 0 amide bonds. The minimum atomic E-state index is -0.180. The van der Waals surface area contributed by atoms with Crippen molar-refractivity contribution < 1.29 is 4.39 Å². The van der Waals surface area contributed by atoms with E-state index in [1.165, 1.54) is 11.6 Å². The number of nitrogen functional groups attached to an aromatic ring is 1. The highest BCUT2D eigenvalue weighted by Crippen LogP contribution is 2.12. The second kappa shape index (κ2) is 6.34. The van der Waals surface area contributed by atoms with E-state index in [9.17, 15) is 4.39 Å². The maximum absolute atomic E-state index is 13.2. The quantitative estimate of drug-likeness (QED) is 0.832. The summed E-state index contributed by atoms with van der Waals surface area (Å²) in [4.78, 5) is 2.26. The van der Waals surface area contributed by atoms with Gasteiger partial charge in [-0.1, -0.05) is 31.2 Å². The predicted octanol–water partition coefficient (Wildman–Crippen LogP) is 3.43. The molecule has 0 aliphatic rings. The van der Waals surface area contributed by atoms with Crippen molar-refractivity contribution in [3.8, 4) is 0 Å². The van der Waals surface area contributed by atoms with Gasteiger partial charge >= 0.3 is 0 Å². The normalized spacial score (nSPS) is 10.9. The molecule has 2 rings (SSSR count). The van der Waals surface area contributed by atoms with Gasteiger partial charge in [0.1, 0.15) is 5.82 Å². The van der Waals surface area contributed by atoms with Crippen molar-refractivity contribution in [2.24, 2.45) is 0 Å². The van der Waals surface area contributed by atoms with Crippen LogP contribution in [0.3, 0.4) is 0 Å². The van der Waals surface area contributed by atoms with Gasteiger partial charge in [-0.05, 0) is 41.9 Å². The van der Waals surface area contributed by atoms with Crippen LogP contribution in [0.5, 0.6) is 0 Å². The molecule has 0 atom stereocenters. The Labute approximate surface area is 113 Å². The molecule has 0 heterocycles. The van der Waals surface area contributed by atoms with E-state index in [4.69, 9.17) is 5.73 Å². The SMILES string of the molecule is CCN(Cc1ccc(N)cc1)Cc1cccc(F)c1. The van der Waals surface area contributed by atoms with Crippen LogP contribution in [-0.2, 0) is 13.1 Å². The third-order valence-corrected chi connectivity index (χ3v) is 3.13. The van der Waals surface area contributed by atoms with Gasteiger partial charge in [-0.15, -0.1) is 0 Å². The van der Waals surface area contributed by atoms with E-state index in [1.54, 1.807) is 12.1 Å². The topological polar surface area (TPSA) is 29.3 Å². The standard InChI is InChI=1S/C16H19FN2/c1-2-19(11-13-6-8-16(18)9-7-13)12-14-4-3-5-15(17)10-14/h3-10H,2,11-12,18H2,1H3. The Bertz CT molecular complexity index is 523. The van der Waals surface area contributed by atoms with Crippen molar-refractivity contribution in [2.75, 3.05) is 12.3 Å². The molecule has 2 nitrogen and oxygen atoms in total. The highest BCUT2D eigenvalue weighted by atomic mass is 19.1. The van der Waals surface area contributed by atoms with Crippen LogP contribution < -0.4 is 5.73 Å². The van der Waals surface area contributed by atoms with Crippen LogP contribution in [0, 0.1) is 5.82 Å². The van der Waals surface area contributed by atoms with Crippen LogP contribution in [0.15, 0.2) is 48.5 Å². The summed E-state index contributed by atoms with van der Waals surface area (Å²) in [7, 11) is 0. The summed E-state index contributed by atoms with van der Waals surface area (Å²) in [5.74, 6) is -0.180. The van der Waals surface area contributed by atoms with Gasteiger partial charge in [0.2, 0.25) is 0 Å². The molecule has 2 aromatic rings. The van der Waals surface area contributed by atoms with Crippen molar-refractivity contribution >= 4 is 5.69 Å². The van der Waals surface area contributed by atoms with Crippen LogP contribution in [0.2, 0.25) is 0 Å². The van der Waals surface area contributed by atoms with Crippen LogP contribution in [0.1, 0.15) is 18.1 Å². The lowest BCUT2D eigenvalue weighted by molar-refractivity contribution is 0.271. The molecule has 2 aromatic carbocycles. The summed E-state index contributed by atoms with van der Waals surface area (Å²) in [5.41, 5.74) is 8.66. The van der Waals surface area contributed by atoms with Crippen molar-refractivity contribution in [2.45, 2.75) is 20.0 Å². The number of nitrogens with zero attached hydrogens (tertiary/aromatic N) is 1. The molecular formula is C16H19FN2.